The van der Waals surface area contributed by atoms with E-state index in [1.165, 1.54) is 0 Å². The third kappa shape index (κ3) is 3.48. The van der Waals surface area contributed by atoms with Crippen LogP contribution in [-0.2, 0) is 22.6 Å². The summed E-state index contributed by atoms with van der Waals surface area (Å²) < 4.78 is 14.7. The van der Waals surface area contributed by atoms with Crippen molar-refractivity contribution >= 4 is 29.0 Å². The molecule has 32 heavy (non-hydrogen) atoms. The lowest BCUT2D eigenvalue weighted by Crippen LogP contribution is -2.40. The Kier molecular flexibility index (Phi) is 5.05. The van der Waals surface area contributed by atoms with E-state index in [-0.39, 0.29) is 17.7 Å². The van der Waals surface area contributed by atoms with Crippen LogP contribution in [0.3, 0.4) is 0 Å². The first kappa shape index (κ1) is 20.4. The molecule has 2 aromatic rings. The van der Waals surface area contributed by atoms with Crippen LogP contribution in [0.1, 0.15) is 30.8 Å². The fourth-order valence-electron chi connectivity index (χ4n) is 4.45. The first-order valence-electron chi connectivity index (χ1n) is 10.7. The molecule has 1 fully saturated rings. The molecule has 9 heteroatoms. The van der Waals surface area contributed by atoms with Gasteiger partial charge in [-0.15, -0.1) is 0 Å². The Morgan fingerprint density at radius 3 is 2.91 bits per heavy atom. The van der Waals surface area contributed by atoms with E-state index < -0.39 is 29.5 Å². The monoisotopic (exact) mass is 434 g/mol. The van der Waals surface area contributed by atoms with E-state index >= 15 is 0 Å². The van der Waals surface area contributed by atoms with Gasteiger partial charge in [-0.2, -0.15) is 0 Å². The smallest absolute Gasteiger partial charge is 0.291 e. The molecule has 4 heterocycles. The van der Waals surface area contributed by atoms with E-state index in [0.29, 0.717) is 11.4 Å². The molecule has 5 rings (SSSR count). The van der Waals surface area contributed by atoms with Crippen LogP contribution in [0.15, 0.2) is 36.6 Å². The molecule has 2 aliphatic heterocycles. The summed E-state index contributed by atoms with van der Waals surface area (Å²) in [5, 5.41) is 6.36. The van der Waals surface area contributed by atoms with Crippen molar-refractivity contribution in [3.05, 3.63) is 59.3 Å². The van der Waals surface area contributed by atoms with Crippen LogP contribution < -0.4 is 10.6 Å². The Hall–Kier alpha value is -3.46. The molecular weight excluding hydrogens is 411 g/mol. The fraction of sp³-hybridized carbons (Fsp3) is 0.348. The lowest BCUT2D eigenvalue weighted by Gasteiger charge is -2.29. The molecule has 2 N–H and O–H groups in total. The van der Waals surface area contributed by atoms with E-state index in [2.05, 4.69) is 25.6 Å². The summed E-state index contributed by atoms with van der Waals surface area (Å²) in [6.45, 7) is 5.38. The quantitative estimate of drug-likeness (QED) is 0.712. The number of Topliss-reactive ketones (excluding diaryl/α,β-unsaturated/α-hetero) is 1. The van der Waals surface area contributed by atoms with Gasteiger partial charge in [-0.05, 0) is 25.5 Å². The Balaban J connectivity index is 1.44. The van der Waals surface area contributed by atoms with Gasteiger partial charge in [-0.25, -0.2) is 19.3 Å². The van der Waals surface area contributed by atoms with Crippen LogP contribution in [0.2, 0.25) is 0 Å². The number of nitrogens with one attached hydrogen (secondary N) is 2. The molecule has 0 bridgehead atoms. The topological polar surface area (TPSA) is 100 Å². The number of hydrogen-bond donors (Lipinski definition) is 2. The number of hydrogen-bond acceptors (Lipinski definition) is 7. The minimum Gasteiger partial charge on any atom is -0.326 e. The Morgan fingerprint density at radius 2 is 2.09 bits per heavy atom. The van der Waals surface area contributed by atoms with Crippen LogP contribution in [0, 0.1) is 11.7 Å². The minimum atomic E-state index is -0.582. The Morgan fingerprint density at radius 1 is 1.25 bits per heavy atom. The van der Waals surface area contributed by atoms with Gasteiger partial charge in [0.2, 0.25) is 11.7 Å². The third-order valence-corrected chi connectivity index (χ3v) is 6.01. The number of fused-ring (bicyclic) bond motifs is 2. The predicted molar refractivity (Wildman–Crippen MR) is 116 cm³/mol. The molecule has 0 radical (unpaired) electrons. The number of carbonyl (C=O) groups is 2. The number of carbonyl (C=O) groups excluding carboxylic acids is 2. The fourth-order valence-corrected chi connectivity index (χ4v) is 4.45. The van der Waals surface area contributed by atoms with Crippen molar-refractivity contribution in [2.24, 2.45) is 5.92 Å². The number of amides is 1. The summed E-state index contributed by atoms with van der Waals surface area (Å²) in [6, 6.07) is 3.25. The number of anilines is 2. The summed E-state index contributed by atoms with van der Waals surface area (Å²) in [5.74, 6) is -1.26. The molecule has 0 saturated carbocycles. The van der Waals surface area contributed by atoms with Gasteiger partial charge in [-0.1, -0.05) is 24.3 Å². The molecular formula is C23H23FN6O2. The van der Waals surface area contributed by atoms with E-state index in [1.807, 2.05) is 26.0 Å². The second kappa shape index (κ2) is 7.90. The van der Waals surface area contributed by atoms with Crippen molar-refractivity contribution < 1.29 is 14.0 Å². The number of rotatable bonds is 4. The molecule has 164 valence electrons. The molecule has 2 aromatic heterocycles. The highest BCUT2D eigenvalue weighted by Crippen LogP contribution is 2.34. The van der Waals surface area contributed by atoms with Gasteiger partial charge in [0.15, 0.2) is 5.82 Å². The lowest BCUT2D eigenvalue weighted by atomic mass is 9.90. The van der Waals surface area contributed by atoms with Crippen molar-refractivity contribution in [3.63, 3.8) is 0 Å². The van der Waals surface area contributed by atoms with Gasteiger partial charge in [0, 0.05) is 36.8 Å². The highest BCUT2D eigenvalue weighted by Gasteiger charge is 2.47. The molecule has 0 spiro atoms. The lowest BCUT2D eigenvalue weighted by molar-refractivity contribution is -0.141. The third-order valence-electron chi connectivity index (χ3n) is 6.01. The highest BCUT2D eigenvalue weighted by molar-refractivity contribution is 6.40. The zero-order valence-electron chi connectivity index (χ0n) is 17.8. The number of halogens is 1. The number of pyridine rings is 1. The van der Waals surface area contributed by atoms with Crippen molar-refractivity contribution in [2.75, 3.05) is 11.9 Å². The maximum Gasteiger partial charge on any atom is 0.291 e. The summed E-state index contributed by atoms with van der Waals surface area (Å²) in [5.41, 5.74) is 2.79. The molecule has 8 nitrogen and oxygen atoms in total. The van der Waals surface area contributed by atoms with E-state index in [4.69, 9.17) is 0 Å². The van der Waals surface area contributed by atoms with Crippen LogP contribution in [0.4, 0.5) is 16.2 Å². The van der Waals surface area contributed by atoms with Gasteiger partial charge in [-0.3, -0.25) is 9.59 Å². The van der Waals surface area contributed by atoms with Gasteiger partial charge in [0.1, 0.15) is 11.5 Å². The number of allylic oxidation sites excluding steroid dienone is 2. The molecule has 2 atom stereocenters. The molecule has 3 aliphatic rings. The maximum absolute atomic E-state index is 14.7. The van der Waals surface area contributed by atoms with Crippen molar-refractivity contribution in [3.8, 4) is 0 Å². The SMILES string of the molecule is CC(C)N1C(=O)C(=O)C2C=CC(c3nc(Nc4ccc5c(n4)CCNC5)ncc3F)=CC21. The zero-order chi connectivity index (χ0) is 22.4. The van der Waals surface area contributed by atoms with Crippen molar-refractivity contribution in [1.82, 2.24) is 25.2 Å². The summed E-state index contributed by atoms with van der Waals surface area (Å²) in [4.78, 5) is 39.3. The summed E-state index contributed by atoms with van der Waals surface area (Å²) in [6.07, 6.45) is 7.00. The summed E-state index contributed by atoms with van der Waals surface area (Å²) >= 11 is 0. The second-order valence-corrected chi connectivity index (χ2v) is 8.41. The number of aromatic nitrogens is 3. The van der Waals surface area contributed by atoms with Crippen LogP contribution >= 0.6 is 0 Å². The molecule has 1 amide bonds. The zero-order valence-corrected chi connectivity index (χ0v) is 17.8. The van der Waals surface area contributed by atoms with Crippen molar-refractivity contribution in [1.29, 1.82) is 0 Å². The van der Waals surface area contributed by atoms with Crippen LogP contribution in [-0.4, -0.2) is 50.2 Å². The average Bonchev–Trinajstić information content (AvgIpc) is 3.04. The predicted octanol–water partition coefficient (Wildman–Crippen LogP) is 2.16. The first-order valence-corrected chi connectivity index (χ1v) is 10.7. The van der Waals surface area contributed by atoms with E-state index in [0.717, 1.165) is 37.0 Å². The van der Waals surface area contributed by atoms with E-state index in [9.17, 15) is 14.0 Å². The second-order valence-electron chi connectivity index (χ2n) is 8.41. The van der Waals surface area contributed by atoms with Gasteiger partial charge >= 0.3 is 0 Å². The minimum absolute atomic E-state index is 0.106. The van der Waals surface area contributed by atoms with Crippen LogP contribution in [0.5, 0.6) is 0 Å². The normalized spacial score (nSPS) is 22.1. The largest absolute Gasteiger partial charge is 0.326 e. The highest BCUT2D eigenvalue weighted by atomic mass is 19.1. The standard InChI is InChI=1S/C23H23FN6O2/c1-12(2)30-18-9-13(3-5-15(18)21(31)22(30)32)20-16(24)11-26-23(29-20)28-19-6-4-14-10-25-8-7-17(14)27-19/h3-6,9,11-12,15,18,25H,7-8,10H2,1-2H3,(H,26,27,28,29). The molecule has 2 unspecified atom stereocenters. The van der Waals surface area contributed by atoms with E-state index in [1.54, 1.807) is 23.1 Å². The molecule has 1 saturated heterocycles. The first-order chi connectivity index (χ1) is 15.4. The number of likely N-dealkylation sites (tertiary alicyclic amines) is 1. The van der Waals surface area contributed by atoms with Crippen LogP contribution in [0.25, 0.3) is 5.57 Å². The summed E-state index contributed by atoms with van der Waals surface area (Å²) in [7, 11) is 0. The van der Waals surface area contributed by atoms with Gasteiger partial charge in [0.25, 0.3) is 5.91 Å². The average molecular weight is 434 g/mol. The number of ketones is 1. The Bertz CT molecular complexity index is 1180. The maximum atomic E-state index is 14.7. The van der Waals surface area contributed by atoms with Gasteiger partial charge < -0.3 is 15.5 Å². The van der Waals surface area contributed by atoms with Crippen molar-refractivity contribution in [2.45, 2.75) is 38.9 Å². The Labute approximate surface area is 184 Å². The van der Waals surface area contributed by atoms with Gasteiger partial charge in [0.05, 0.1) is 18.2 Å². The number of nitrogens with zero attached hydrogens (tertiary/aromatic N) is 4. The molecule has 0 aromatic carbocycles. The molecule has 1 aliphatic carbocycles.